The third-order valence-electron chi connectivity index (χ3n) is 2.18. The molecule has 0 N–H and O–H groups in total. The smallest absolute Gasteiger partial charge is 0.229 e. The van der Waals surface area contributed by atoms with Crippen molar-refractivity contribution in [1.82, 2.24) is 4.90 Å². The summed E-state index contributed by atoms with van der Waals surface area (Å²) < 4.78 is 5.46. The van der Waals surface area contributed by atoms with E-state index in [0.29, 0.717) is 12.5 Å². The van der Waals surface area contributed by atoms with E-state index in [9.17, 15) is 4.79 Å². The molecule has 2 saturated heterocycles. The van der Waals surface area contributed by atoms with Crippen molar-refractivity contribution in [3.8, 4) is 0 Å². The highest BCUT2D eigenvalue weighted by atomic mass is 16.5. The number of fused-ring (bicyclic) bond motifs is 1. The lowest BCUT2D eigenvalue weighted by Crippen LogP contribution is -2.58. The molecule has 0 bridgehead atoms. The molecule has 2 atom stereocenters. The molecule has 2 aliphatic heterocycles. The Kier molecular flexibility index (Phi) is 1.20. The number of rotatable bonds is 0. The van der Waals surface area contributed by atoms with Crippen LogP contribution in [-0.4, -0.2) is 29.7 Å². The van der Waals surface area contributed by atoms with Gasteiger partial charge in [-0.2, -0.15) is 0 Å². The van der Waals surface area contributed by atoms with Crippen LogP contribution in [0.5, 0.6) is 0 Å². The average Bonchev–Trinajstić information content (AvgIpc) is 1.86. The predicted molar refractivity (Wildman–Crippen MR) is 35.3 cm³/mol. The standard InChI is InChI=1S/C7H11NO2/c1-5-2-3-8-6(9)4-7(8)10-5/h5,7H,2-4H2,1H3/t5-,7+/m1/s1. The van der Waals surface area contributed by atoms with Crippen molar-refractivity contribution in [1.29, 1.82) is 0 Å². The van der Waals surface area contributed by atoms with Gasteiger partial charge >= 0.3 is 0 Å². The summed E-state index contributed by atoms with van der Waals surface area (Å²) in [6.07, 6.45) is 2.05. The van der Waals surface area contributed by atoms with Crippen molar-refractivity contribution in [2.24, 2.45) is 0 Å². The lowest BCUT2D eigenvalue weighted by atomic mass is 10.1. The first-order chi connectivity index (χ1) is 4.77. The summed E-state index contributed by atoms with van der Waals surface area (Å²) in [5.41, 5.74) is 0. The van der Waals surface area contributed by atoms with Crippen molar-refractivity contribution in [3.63, 3.8) is 0 Å². The zero-order valence-corrected chi connectivity index (χ0v) is 6.04. The molecule has 10 heavy (non-hydrogen) atoms. The lowest BCUT2D eigenvalue weighted by Gasteiger charge is -2.45. The van der Waals surface area contributed by atoms with Crippen LogP contribution in [0.4, 0.5) is 0 Å². The third kappa shape index (κ3) is 0.736. The molecule has 0 spiro atoms. The summed E-state index contributed by atoms with van der Waals surface area (Å²) in [6.45, 7) is 2.95. The van der Waals surface area contributed by atoms with Gasteiger partial charge in [0.25, 0.3) is 0 Å². The molecule has 0 radical (unpaired) electrons. The van der Waals surface area contributed by atoms with E-state index in [0.717, 1.165) is 13.0 Å². The second-order valence-corrected chi connectivity index (χ2v) is 2.98. The Morgan fingerprint density at radius 3 is 3.10 bits per heavy atom. The quantitative estimate of drug-likeness (QED) is 0.456. The molecule has 0 aromatic carbocycles. The van der Waals surface area contributed by atoms with E-state index in [1.54, 1.807) is 4.90 Å². The summed E-state index contributed by atoms with van der Waals surface area (Å²) in [4.78, 5) is 12.6. The monoisotopic (exact) mass is 141 g/mol. The van der Waals surface area contributed by atoms with E-state index in [1.165, 1.54) is 0 Å². The number of hydrogen-bond donors (Lipinski definition) is 0. The molecule has 0 aliphatic carbocycles. The van der Waals surface area contributed by atoms with Gasteiger partial charge in [0.1, 0.15) is 6.23 Å². The van der Waals surface area contributed by atoms with Crippen LogP contribution in [0.2, 0.25) is 0 Å². The zero-order valence-electron chi connectivity index (χ0n) is 6.04. The van der Waals surface area contributed by atoms with Crippen LogP contribution in [0, 0.1) is 0 Å². The minimum absolute atomic E-state index is 0.122. The lowest BCUT2D eigenvalue weighted by molar-refractivity contribution is -0.198. The number of hydrogen-bond acceptors (Lipinski definition) is 2. The number of amides is 1. The Balaban J connectivity index is 1.99. The summed E-state index contributed by atoms with van der Waals surface area (Å²) in [6, 6.07) is 0. The average molecular weight is 141 g/mol. The highest BCUT2D eigenvalue weighted by Gasteiger charge is 2.40. The first-order valence-electron chi connectivity index (χ1n) is 3.72. The summed E-state index contributed by atoms with van der Waals surface area (Å²) in [5, 5.41) is 0. The SMILES string of the molecule is C[C@@H]1CCN2C(=O)C[C@@H]2O1. The highest BCUT2D eigenvalue weighted by Crippen LogP contribution is 2.26. The van der Waals surface area contributed by atoms with Gasteiger partial charge in [0.15, 0.2) is 0 Å². The fourth-order valence-electron chi connectivity index (χ4n) is 1.47. The number of ether oxygens (including phenoxy) is 1. The minimum atomic E-state index is 0.122. The van der Waals surface area contributed by atoms with Crippen molar-refractivity contribution in [2.45, 2.75) is 32.1 Å². The summed E-state index contributed by atoms with van der Waals surface area (Å²) >= 11 is 0. The Morgan fingerprint density at radius 2 is 2.50 bits per heavy atom. The Labute approximate surface area is 60.0 Å². The third-order valence-corrected chi connectivity index (χ3v) is 2.18. The van der Waals surface area contributed by atoms with Crippen LogP contribution in [0.3, 0.4) is 0 Å². The van der Waals surface area contributed by atoms with Crippen LogP contribution in [0.1, 0.15) is 19.8 Å². The molecule has 2 aliphatic rings. The van der Waals surface area contributed by atoms with Crippen molar-refractivity contribution >= 4 is 5.91 Å². The van der Waals surface area contributed by atoms with Crippen molar-refractivity contribution in [3.05, 3.63) is 0 Å². The van der Waals surface area contributed by atoms with E-state index < -0.39 is 0 Å². The Morgan fingerprint density at radius 1 is 1.70 bits per heavy atom. The molecule has 2 rings (SSSR count). The topological polar surface area (TPSA) is 29.5 Å². The van der Waals surface area contributed by atoms with Crippen molar-refractivity contribution < 1.29 is 9.53 Å². The van der Waals surface area contributed by atoms with Gasteiger partial charge in [-0.25, -0.2) is 0 Å². The van der Waals surface area contributed by atoms with Crippen LogP contribution >= 0.6 is 0 Å². The number of β-lactam (4-membered cyclic amide) rings is 1. The summed E-state index contributed by atoms with van der Waals surface area (Å²) in [5.74, 6) is 0.247. The molecule has 0 aromatic heterocycles. The number of nitrogens with zero attached hydrogens (tertiary/aromatic N) is 1. The first kappa shape index (κ1) is 6.16. The van der Waals surface area contributed by atoms with Gasteiger partial charge in [0.05, 0.1) is 12.5 Å². The zero-order chi connectivity index (χ0) is 7.14. The fraction of sp³-hybridized carbons (Fsp3) is 0.857. The van der Waals surface area contributed by atoms with Crippen molar-refractivity contribution in [2.75, 3.05) is 6.54 Å². The van der Waals surface area contributed by atoms with Crippen LogP contribution in [0.15, 0.2) is 0 Å². The summed E-state index contributed by atoms with van der Waals surface area (Å²) in [7, 11) is 0. The predicted octanol–water partition coefficient (Wildman–Crippen LogP) is 0.354. The van der Waals surface area contributed by atoms with Gasteiger partial charge in [0.2, 0.25) is 5.91 Å². The largest absolute Gasteiger partial charge is 0.355 e. The van der Waals surface area contributed by atoms with Gasteiger partial charge in [0, 0.05) is 6.54 Å². The second kappa shape index (κ2) is 1.95. The maximum Gasteiger partial charge on any atom is 0.229 e. The maximum absolute atomic E-state index is 10.8. The van der Waals surface area contributed by atoms with Crippen LogP contribution in [-0.2, 0) is 9.53 Å². The van der Waals surface area contributed by atoms with E-state index in [1.807, 2.05) is 0 Å². The molecule has 1 amide bonds. The molecule has 3 nitrogen and oxygen atoms in total. The molecule has 2 fully saturated rings. The first-order valence-corrected chi connectivity index (χ1v) is 3.72. The molecule has 0 aromatic rings. The molecule has 0 saturated carbocycles. The molecule has 2 heterocycles. The van der Waals surface area contributed by atoms with Crippen LogP contribution < -0.4 is 0 Å². The van der Waals surface area contributed by atoms with E-state index >= 15 is 0 Å². The van der Waals surface area contributed by atoms with E-state index in [2.05, 4.69) is 6.92 Å². The molecule has 56 valence electrons. The van der Waals surface area contributed by atoms with Gasteiger partial charge < -0.3 is 9.64 Å². The number of carbonyl (C=O) groups is 1. The van der Waals surface area contributed by atoms with Crippen LogP contribution in [0.25, 0.3) is 0 Å². The van der Waals surface area contributed by atoms with E-state index in [4.69, 9.17) is 4.74 Å². The normalized spacial score (nSPS) is 38.9. The molecule has 3 heteroatoms. The highest BCUT2D eigenvalue weighted by molar-refractivity contribution is 5.82. The fourth-order valence-corrected chi connectivity index (χ4v) is 1.47. The Bertz CT molecular complexity index is 169. The van der Waals surface area contributed by atoms with Gasteiger partial charge in [-0.3, -0.25) is 4.79 Å². The Hall–Kier alpha value is -0.570. The maximum atomic E-state index is 10.8. The second-order valence-electron chi connectivity index (χ2n) is 2.98. The van der Waals surface area contributed by atoms with Gasteiger partial charge in [-0.1, -0.05) is 0 Å². The molecular formula is C7H11NO2. The molecule has 0 unspecified atom stereocenters. The van der Waals surface area contributed by atoms with Gasteiger partial charge in [-0.15, -0.1) is 0 Å². The van der Waals surface area contributed by atoms with E-state index in [-0.39, 0.29) is 12.1 Å². The molecular weight excluding hydrogens is 130 g/mol. The number of carbonyl (C=O) groups excluding carboxylic acids is 1. The van der Waals surface area contributed by atoms with Gasteiger partial charge in [-0.05, 0) is 13.3 Å². The minimum Gasteiger partial charge on any atom is -0.355 e.